The van der Waals surface area contributed by atoms with E-state index in [1.807, 2.05) is 18.2 Å². The second-order valence-electron chi connectivity index (χ2n) is 6.67. The van der Waals surface area contributed by atoms with Crippen LogP contribution >= 0.6 is 11.8 Å². The number of amides is 1. The maximum absolute atomic E-state index is 12.2. The fourth-order valence-electron chi connectivity index (χ4n) is 2.72. The van der Waals surface area contributed by atoms with Crippen molar-refractivity contribution in [1.29, 1.82) is 0 Å². The van der Waals surface area contributed by atoms with Crippen LogP contribution in [0.25, 0.3) is 11.5 Å². The van der Waals surface area contributed by atoms with Crippen molar-refractivity contribution in [3.63, 3.8) is 0 Å². The topological polar surface area (TPSA) is 111 Å². The fourth-order valence-corrected chi connectivity index (χ4v) is 4.74. The largest absolute Gasteiger partial charge is 0.497 e. The summed E-state index contributed by atoms with van der Waals surface area (Å²) >= 11 is 1.12. The Morgan fingerprint density at radius 1 is 1.10 bits per heavy atom. The number of nitrogens with one attached hydrogen (secondary N) is 1. The third kappa shape index (κ3) is 7.41. The Morgan fingerprint density at radius 2 is 1.84 bits per heavy atom. The Balaban J connectivity index is 1.37. The number of sulfone groups is 1. The van der Waals surface area contributed by atoms with E-state index >= 15 is 0 Å². The SMILES string of the molecule is COc1ccc(-c2nnc(SCC(=O)NCCCS(=O)(=O)Cc3ccccc3)o2)cc1. The third-order valence-corrected chi connectivity index (χ3v) is 6.76. The van der Waals surface area contributed by atoms with E-state index in [-0.39, 0.29) is 34.9 Å². The van der Waals surface area contributed by atoms with Crippen molar-refractivity contribution in [2.75, 3.05) is 25.2 Å². The average Bonchev–Trinajstić information content (AvgIpc) is 3.25. The molecule has 31 heavy (non-hydrogen) atoms. The predicted octanol–water partition coefficient (Wildman–Crippen LogP) is 2.96. The number of carbonyl (C=O) groups is 1. The maximum atomic E-state index is 12.2. The van der Waals surface area contributed by atoms with E-state index in [1.54, 1.807) is 43.5 Å². The molecule has 0 saturated carbocycles. The lowest BCUT2D eigenvalue weighted by Crippen LogP contribution is -2.27. The second kappa shape index (κ2) is 11.0. The smallest absolute Gasteiger partial charge is 0.277 e. The standard InChI is InChI=1S/C21H23N3O5S2/c1-28-18-10-8-17(9-11-18)20-23-24-21(29-20)30-14-19(25)22-12-5-13-31(26,27)15-16-6-3-2-4-7-16/h2-4,6-11H,5,12-15H2,1H3,(H,22,25). The molecule has 8 nitrogen and oxygen atoms in total. The number of nitrogens with zero attached hydrogens (tertiary/aromatic N) is 2. The Hall–Kier alpha value is -2.85. The van der Waals surface area contributed by atoms with Crippen molar-refractivity contribution in [2.24, 2.45) is 0 Å². The third-order valence-electron chi connectivity index (χ3n) is 4.25. The van der Waals surface area contributed by atoms with Crippen LogP contribution in [-0.4, -0.2) is 49.7 Å². The van der Waals surface area contributed by atoms with Gasteiger partial charge in [0, 0.05) is 12.1 Å². The van der Waals surface area contributed by atoms with Gasteiger partial charge < -0.3 is 14.5 Å². The van der Waals surface area contributed by atoms with Crippen LogP contribution < -0.4 is 10.1 Å². The van der Waals surface area contributed by atoms with Crippen LogP contribution in [0.15, 0.2) is 64.2 Å². The molecule has 0 unspecified atom stereocenters. The minimum absolute atomic E-state index is 0.00529. The number of ether oxygens (including phenoxy) is 1. The van der Waals surface area contributed by atoms with Gasteiger partial charge in [0.1, 0.15) is 5.75 Å². The number of hydrogen-bond acceptors (Lipinski definition) is 8. The molecule has 0 bridgehead atoms. The molecule has 3 rings (SSSR count). The zero-order chi connectivity index (χ0) is 22.1. The molecule has 1 N–H and O–H groups in total. The van der Waals surface area contributed by atoms with Crippen LogP contribution in [-0.2, 0) is 20.4 Å². The van der Waals surface area contributed by atoms with E-state index in [9.17, 15) is 13.2 Å². The molecule has 1 heterocycles. The molecule has 2 aromatic carbocycles. The molecule has 0 saturated heterocycles. The first-order valence-corrected chi connectivity index (χ1v) is 12.4. The number of methoxy groups -OCH3 is 1. The highest BCUT2D eigenvalue weighted by molar-refractivity contribution is 7.99. The van der Waals surface area contributed by atoms with Crippen molar-refractivity contribution in [2.45, 2.75) is 17.4 Å². The lowest BCUT2D eigenvalue weighted by molar-refractivity contribution is -0.118. The summed E-state index contributed by atoms with van der Waals surface area (Å²) in [5.41, 5.74) is 1.51. The summed E-state index contributed by atoms with van der Waals surface area (Å²) < 4.78 is 35.0. The monoisotopic (exact) mass is 461 g/mol. The van der Waals surface area contributed by atoms with Crippen molar-refractivity contribution >= 4 is 27.5 Å². The zero-order valence-electron chi connectivity index (χ0n) is 17.0. The van der Waals surface area contributed by atoms with E-state index in [1.165, 1.54) is 0 Å². The van der Waals surface area contributed by atoms with Gasteiger partial charge in [-0.2, -0.15) is 0 Å². The summed E-state index contributed by atoms with van der Waals surface area (Å²) in [6.45, 7) is 0.286. The lowest BCUT2D eigenvalue weighted by Gasteiger charge is -2.06. The molecule has 0 aliphatic rings. The van der Waals surface area contributed by atoms with Gasteiger partial charge in [0.2, 0.25) is 11.8 Å². The number of benzene rings is 2. The molecule has 0 atom stereocenters. The van der Waals surface area contributed by atoms with Crippen LogP contribution in [0.3, 0.4) is 0 Å². The molecule has 164 valence electrons. The van der Waals surface area contributed by atoms with Gasteiger partial charge in [0.15, 0.2) is 9.84 Å². The van der Waals surface area contributed by atoms with E-state index in [0.29, 0.717) is 12.3 Å². The van der Waals surface area contributed by atoms with Crippen LogP contribution in [0.4, 0.5) is 0 Å². The minimum atomic E-state index is -3.21. The van der Waals surface area contributed by atoms with Crippen molar-refractivity contribution in [3.8, 4) is 17.2 Å². The summed E-state index contributed by atoms with van der Waals surface area (Å²) in [5.74, 6) is 0.975. The number of thioether (sulfide) groups is 1. The number of hydrogen-bond donors (Lipinski definition) is 1. The normalized spacial score (nSPS) is 11.3. The molecule has 1 amide bonds. The Labute approximate surface area is 185 Å². The highest BCUT2D eigenvalue weighted by atomic mass is 32.2. The highest BCUT2D eigenvalue weighted by Gasteiger charge is 2.13. The van der Waals surface area contributed by atoms with Gasteiger partial charge in [0.05, 0.1) is 24.4 Å². The van der Waals surface area contributed by atoms with Gasteiger partial charge in [-0.05, 0) is 36.2 Å². The molecule has 0 aliphatic heterocycles. The first-order chi connectivity index (χ1) is 14.9. The summed E-state index contributed by atoms with van der Waals surface area (Å²) in [7, 11) is -1.63. The van der Waals surface area contributed by atoms with Gasteiger partial charge in [-0.25, -0.2) is 8.42 Å². The highest BCUT2D eigenvalue weighted by Crippen LogP contribution is 2.24. The van der Waals surface area contributed by atoms with E-state index < -0.39 is 9.84 Å². The number of rotatable bonds is 11. The lowest BCUT2D eigenvalue weighted by atomic mass is 10.2. The van der Waals surface area contributed by atoms with E-state index in [2.05, 4.69) is 15.5 Å². The number of carbonyl (C=O) groups excluding carboxylic acids is 1. The molecule has 0 spiro atoms. The minimum Gasteiger partial charge on any atom is -0.497 e. The predicted molar refractivity (Wildman–Crippen MR) is 119 cm³/mol. The van der Waals surface area contributed by atoms with Crippen LogP contribution in [0.2, 0.25) is 0 Å². The van der Waals surface area contributed by atoms with Crippen molar-refractivity contribution in [1.82, 2.24) is 15.5 Å². The summed E-state index contributed by atoms with van der Waals surface area (Å²) in [4.78, 5) is 12.0. The summed E-state index contributed by atoms with van der Waals surface area (Å²) in [6, 6.07) is 16.2. The van der Waals surface area contributed by atoms with Crippen LogP contribution in [0.1, 0.15) is 12.0 Å². The first kappa shape index (κ1) is 22.8. The van der Waals surface area contributed by atoms with Gasteiger partial charge in [0.25, 0.3) is 5.22 Å². The first-order valence-electron chi connectivity index (χ1n) is 9.57. The zero-order valence-corrected chi connectivity index (χ0v) is 18.6. The van der Waals surface area contributed by atoms with Gasteiger partial charge in [-0.1, -0.05) is 42.1 Å². The molecular formula is C21H23N3O5S2. The fraction of sp³-hybridized carbons (Fsp3) is 0.286. The quantitative estimate of drug-likeness (QED) is 0.343. The Morgan fingerprint density at radius 3 is 2.55 bits per heavy atom. The molecule has 0 aliphatic carbocycles. The molecule has 1 aromatic heterocycles. The average molecular weight is 462 g/mol. The number of aromatic nitrogens is 2. The Bertz CT molecular complexity index is 1080. The van der Waals surface area contributed by atoms with Gasteiger partial charge >= 0.3 is 0 Å². The Kier molecular flexibility index (Phi) is 8.07. The van der Waals surface area contributed by atoms with Crippen molar-refractivity contribution < 1.29 is 22.4 Å². The maximum Gasteiger partial charge on any atom is 0.277 e. The summed E-state index contributed by atoms with van der Waals surface area (Å²) in [5, 5.41) is 10.9. The summed E-state index contributed by atoms with van der Waals surface area (Å²) in [6.07, 6.45) is 0.355. The van der Waals surface area contributed by atoms with Crippen LogP contribution in [0.5, 0.6) is 5.75 Å². The molecule has 0 fully saturated rings. The van der Waals surface area contributed by atoms with Crippen molar-refractivity contribution in [3.05, 3.63) is 60.2 Å². The molecule has 3 aromatic rings. The van der Waals surface area contributed by atoms with Gasteiger partial charge in [-0.15, -0.1) is 10.2 Å². The van der Waals surface area contributed by atoms with E-state index in [4.69, 9.17) is 9.15 Å². The molecule has 10 heteroatoms. The molecular weight excluding hydrogens is 438 g/mol. The van der Waals surface area contributed by atoms with E-state index in [0.717, 1.165) is 28.6 Å². The van der Waals surface area contributed by atoms with Gasteiger partial charge in [-0.3, -0.25) is 4.79 Å². The van der Waals surface area contributed by atoms with Crippen LogP contribution in [0, 0.1) is 0 Å². The molecule has 0 radical (unpaired) electrons. The second-order valence-corrected chi connectivity index (χ2v) is 9.78.